The lowest BCUT2D eigenvalue weighted by Gasteiger charge is -2.12. The molecule has 1 unspecified atom stereocenters. The number of nitrogens with two attached hydrogens (primary N) is 1. The highest BCUT2D eigenvalue weighted by Crippen LogP contribution is 2.27. The van der Waals surface area contributed by atoms with E-state index < -0.39 is 6.04 Å². The fourth-order valence-electron chi connectivity index (χ4n) is 2.67. The van der Waals surface area contributed by atoms with Gasteiger partial charge in [0.05, 0.1) is 18.7 Å². The molecule has 2 N–H and O–H groups in total. The summed E-state index contributed by atoms with van der Waals surface area (Å²) in [6, 6.07) is 15.7. The van der Waals surface area contributed by atoms with Crippen molar-refractivity contribution in [3.8, 4) is 22.9 Å². The molecule has 4 heteroatoms. The normalized spacial score (nSPS) is 11.8. The van der Waals surface area contributed by atoms with E-state index in [2.05, 4.69) is 6.07 Å². The maximum Gasteiger partial charge on any atom is 0.138 e. The monoisotopic (exact) mass is 350 g/mol. The molecule has 26 heavy (non-hydrogen) atoms. The lowest BCUT2D eigenvalue weighted by atomic mass is 10.00. The maximum absolute atomic E-state index is 11.7. The number of carbonyl (C=O) groups excluding carboxylic acids is 1. The highest BCUT2D eigenvalue weighted by molar-refractivity contribution is 5.80. The van der Waals surface area contributed by atoms with Crippen molar-refractivity contribution in [2.45, 2.75) is 39.7 Å². The molecule has 0 aromatic heterocycles. The molecule has 0 bridgehead atoms. The zero-order valence-corrected chi connectivity index (χ0v) is 15.7. The van der Waals surface area contributed by atoms with Crippen LogP contribution in [0.5, 0.6) is 5.75 Å². The van der Waals surface area contributed by atoms with E-state index in [-0.39, 0.29) is 11.7 Å². The van der Waals surface area contributed by atoms with E-state index in [1.807, 2.05) is 63.2 Å². The van der Waals surface area contributed by atoms with Gasteiger partial charge < -0.3 is 10.5 Å². The summed E-state index contributed by atoms with van der Waals surface area (Å²) in [5.74, 6) is 1.07. The molecule has 2 rings (SSSR count). The minimum atomic E-state index is -0.470. The largest absolute Gasteiger partial charge is 0.493 e. The van der Waals surface area contributed by atoms with Crippen LogP contribution >= 0.6 is 0 Å². The molecule has 0 radical (unpaired) electrons. The SMILES string of the molecule is Cc1cc(-c2ccc(CC(N)C#N)cc2)ccc1OCCC(=O)C(C)C. The standard InChI is InChI=1S/C22H26N2O2/c1-15(2)21(25)10-11-26-22-9-8-19(12-16(22)3)18-6-4-17(5-7-18)13-20(24)14-23/h4-9,12,15,20H,10-11,13,24H2,1-3H3. The second kappa shape index (κ2) is 9.17. The predicted octanol–water partition coefficient (Wildman–Crippen LogP) is 4.05. The summed E-state index contributed by atoms with van der Waals surface area (Å²) in [5, 5.41) is 8.80. The Bertz CT molecular complexity index is 789. The molecule has 0 heterocycles. The van der Waals surface area contributed by atoms with Gasteiger partial charge in [-0.05, 0) is 41.3 Å². The predicted molar refractivity (Wildman–Crippen MR) is 104 cm³/mol. The van der Waals surface area contributed by atoms with Crippen molar-refractivity contribution in [1.82, 2.24) is 0 Å². The molecular formula is C22H26N2O2. The summed E-state index contributed by atoms with van der Waals surface area (Å²) in [7, 11) is 0. The zero-order chi connectivity index (χ0) is 19.1. The first-order valence-electron chi connectivity index (χ1n) is 8.91. The van der Waals surface area contributed by atoms with Gasteiger partial charge in [0.1, 0.15) is 11.5 Å². The molecule has 0 amide bonds. The van der Waals surface area contributed by atoms with Gasteiger partial charge in [-0.2, -0.15) is 5.26 Å². The maximum atomic E-state index is 11.7. The summed E-state index contributed by atoms with van der Waals surface area (Å²) >= 11 is 0. The second-order valence-electron chi connectivity index (χ2n) is 6.84. The van der Waals surface area contributed by atoms with E-state index in [4.69, 9.17) is 15.7 Å². The molecule has 0 saturated carbocycles. The Morgan fingerprint density at radius 2 is 1.81 bits per heavy atom. The third-order valence-electron chi connectivity index (χ3n) is 4.33. The van der Waals surface area contributed by atoms with Crippen molar-refractivity contribution < 1.29 is 9.53 Å². The first-order chi connectivity index (χ1) is 12.4. The number of hydrogen-bond acceptors (Lipinski definition) is 4. The molecule has 0 aliphatic carbocycles. The summed E-state index contributed by atoms with van der Waals surface area (Å²) in [5.41, 5.74) is 9.96. The quantitative estimate of drug-likeness (QED) is 0.779. The number of aryl methyl sites for hydroxylation is 1. The number of rotatable bonds is 8. The number of Topliss-reactive ketones (excluding diaryl/α,β-unsaturated/α-hetero) is 1. The molecule has 4 nitrogen and oxygen atoms in total. The van der Waals surface area contributed by atoms with Gasteiger partial charge in [-0.3, -0.25) is 4.79 Å². The van der Waals surface area contributed by atoms with Crippen LogP contribution < -0.4 is 10.5 Å². The molecule has 0 spiro atoms. The number of nitrogens with zero attached hydrogens (tertiary/aromatic N) is 1. The highest BCUT2D eigenvalue weighted by Gasteiger charge is 2.09. The molecular weight excluding hydrogens is 324 g/mol. The van der Waals surface area contributed by atoms with Gasteiger partial charge in [-0.25, -0.2) is 0 Å². The van der Waals surface area contributed by atoms with Crippen molar-refractivity contribution in [3.63, 3.8) is 0 Å². The van der Waals surface area contributed by atoms with E-state index in [0.29, 0.717) is 19.4 Å². The van der Waals surface area contributed by atoms with Gasteiger partial charge in [-0.1, -0.05) is 44.2 Å². The Hall–Kier alpha value is -2.64. The molecule has 0 saturated heterocycles. The second-order valence-corrected chi connectivity index (χ2v) is 6.84. The first-order valence-corrected chi connectivity index (χ1v) is 8.91. The van der Waals surface area contributed by atoms with Gasteiger partial charge >= 0.3 is 0 Å². The number of ether oxygens (including phenoxy) is 1. The van der Waals surface area contributed by atoms with Crippen LogP contribution in [-0.4, -0.2) is 18.4 Å². The van der Waals surface area contributed by atoms with Crippen molar-refractivity contribution in [2.24, 2.45) is 11.7 Å². The zero-order valence-electron chi connectivity index (χ0n) is 15.7. The average Bonchev–Trinajstić information content (AvgIpc) is 2.63. The Morgan fingerprint density at radius 3 is 2.38 bits per heavy atom. The lowest BCUT2D eigenvalue weighted by molar-refractivity contribution is -0.122. The van der Waals surface area contributed by atoms with Crippen molar-refractivity contribution >= 4 is 5.78 Å². The minimum absolute atomic E-state index is 0.0488. The molecule has 0 fully saturated rings. The molecule has 136 valence electrons. The summed E-state index contributed by atoms with van der Waals surface area (Å²) in [4.78, 5) is 11.7. The van der Waals surface area contributed by atoms with Crippen molar-refractivity contribution in [2.75, 3.05) is 6.61 Å². The van der Waals surface area contributed by atoms with Crippen LogP contribution in [0.15, 0.2) is 42.5 Å². The molecule has 0 aliphatic heterocycles. The third-order valence-corrected chi connectivity index (χ3v) is 4.33. The summed E-state index contributed by atoms with van der Waals surface area (Å²) in [6.45, 7) is 6.22. The average molecular weight is 350 g/mol. The van der Waals surface area contributed by atoms with Crippen LogP contribution in [0.25, 0.3) is 11.1 Å². The summed E-state index contributed by atoms with van der Waals surface area (Å²) in [6.07, 6.45) is 0.989. The van der Waals surface area contributed by atoms with Crippen LogP contribution in [0.1, 0.15) is 31.4 Å². The fourth-order valence-corrected chi connectivity index (χ4v) is 2.67. The fraction of sp³-hybridized carbons (Fsp3) is 0.364. The topological polar surface area (TPSA) is 76.1 Å². The van der Waals surface area contributed by atoms with Crippen molar-refractivity contribution in [1.29, 1.82) is 5.26 Å². The van der Waals surface area contributed by atoms with Crippen LogP contribution in [0.2, 0.25) is 0 Å². The number of carbonyl (C=O) groups is 1. The number of hydrogen-bond donors (Lipinski definition) is 1. The van der Waals surface area contributed by atoms with Crippen LogP contribution in [0.3, 0.4) is 0 Å². The van der Waals surface area contributed by atoms with Crippen LogP contribution in [-0.2, 0) is 11.2 Å². The molecule has 1 atom stereocenters. The molecule has 2 aromatic carbocycles. The highest BCUT2D eigenvalue weighted by atomic mass is 16.5. The van der Waals surface area contributed by atoms with Crippen LogP contribution in [0, 0.1) is 24.2 Å². The summed E-state index contributed by atoms with van der Waals surface area (Å²) < 4.78 is 5.76. The number of ketones is 1. The van der Waals surface area contributed by atoms with Gasteiger partial charge in [0.2, 0.25) is 0 Å². The van der Waals surface area contributed by atoms with Gasteiger partial charge in [0.15, 0.2) is 0 Å². The van der Waals surface area contributed by atoms with Gasteiger partial charge in [0.25, 0.3) is 0 Å². The van der Waals surface area contributed by atoms with Gasteiger partial charge in [-0.15, -0.1) is 0 Å². The van der Waals surface area contributed by atoms with E-state index >= 15 is 0 Å². The smallest absolute Gasteiger partial charge is 0.138 e. The third kappa shape index (κ3) is 5.44. The number of nitriles is 1. The Labute approximate surface area is 155 Å². The van der Waals surface area contributed by atoms with E-state index in [9.17, 15) is 4.79 Å². The van der Waals surface area contributed by atoms with E-state index in [1.165, 1.54) is 0 Å². The Morgan fingerprint density at radius 1 is 1.15 bits per heavy atom. The van der Waals surface area contributed by atoms with E-state index in [0.717, 1.165) is 28.0 Å². The molecule has 0 aliphatic rings. The van der Waals surface area contributed by atoms with Gasteiger partial charge in [0, 0.05) is 18.8 Å². The molecule has 2 aromatic rings. The first kappa shape index (κ1) is 19.7. The Balaban J connectivity index is 2.02. The van der Waals surface area contributed by atoms with Crippen molar-refractivity contribution in [3.05, 3.63) is 53.6 Å². The number of benzene rings is 2. The van der Waals surface area contributed by atoms with E-state index in [1.54, 1.807) is 0 Å². The van der Waals surface area contributed by atoms with Crippen LogP contribution in [0.4, 0.5) is 0 Å². The minimum Gasteiger partial charge on any atom is -0.493 e. The Kier molecular flexibility index (Phi) is 6.94. The lowest BCUT2D eigenvalue weighted by Crippen LogP contribution is -2.19.